The van der Waals surface area contributed by atoms with E-state index in [0.29, 0.717) is 31.5 Å². The minimum Gasteiger partial charge on any atom is -0.511 e. The van der Waals surface area contributed by atoms with Crippen LogP contribution in [0, 0.1) is 5.41 Å². The number of methoxy groups -OCH3 is 1. The average Bonchev–Trinajstić information content (AvgIpc) is 3.07. The number of fused-ring (bicyclic) bond motifs is 1. The molecule has 0 unspecified atom stereocenters. The number of benzene rings is 1. The van der Waals surface area contributed by atoms with Crippen molar-refractivity contribution in [2.24, 2.45) is 10.4 Å². The van der Waals surface area contributed by atoms with Gasteiger partial charge in [0.2, 0.25) is 0 Å². The van der Waals surface area contributed by atoms with Gasteiger partial charge in [-0.05, 0) is 24.0 Å². The number of aliphatic hydroxyl groups excluding tert-OH is 1. The van der Waals surface area contributed by atoms with Gasteiger partial charge in [-0.1, -0.05) is 26.0 Å². The number of esters is 1. The van der Waals surface area contributed by atoms with Crippen molar-refractivity contribution in [3.05, 3.63) is 41.4 Å². The van der Waals surface area contributed by atoms with Crippen molar-refractivity contribution in [2.45, 2.75) is 46.0 Å². The summed E-state index contributed by atoms with van der Waals surface area (Å²) in [7, 11) is 1.30. The predicted octanol–water partition coefficient (Wildman–Crippen LogP) is 3.70. The van der Waals surface area contributed by atoms with E-state index in [9.17, 15) is 14.7 Å². The van der Waals surface area contributed by atoms with Gasteiger partial charge in [0.05, 0.1) is 30.1 Å². The van der Waals surface area contributed by atoms with E-state index in [1.54, 1.807) is 0 Å². The maximum absolute atomic E-state index is 12.7. The largest absolute Gasteiger partial charge is 0.511 e. The first-order valence-corrected chi connectivity index (χ1v) is 9.78. The topological polar surface area (TPSA) is 105 Å². The van der Waals surface area contributed by atoms with Crippen molar-refractivity contribution in [1.29, 1.82) is 0 Å². The number of aromatic nitrogens is 2. The summed E-state index contributed by atoms with van der Waals surface area (Å²) in [5.74, 6) is 0.186. The number of ketones is 1. The van der Waals surface area contributed by atoms with Crippen LogP contribution in [-0.2, 0) is 20.7 Å². The number of carbonyl (C=O) groups excluding carboxylic acids is 2. The van der Waals surface area contributed by atoms with E-state index in [-0.39, 0.29) is 35.4 Å². The molecule has 7 heteroatoms. The second kappa shape index (κ2) is 8.59. The summed E-state index contributed by atoms with van der Waals surface area (Å²) in [6.07, 6.45) is 1.62. The van der Waals surface area contributed by atoms with Gasteiger partial charge in [0.1, 0.15) is 11.6 Å². The molecule has 1 aliphatic carbocycles. The van der Waals surface area contributed by atoms with Gasteiger partial charge in [-0.15, -0.1) is 0 Å². The van der Waals surface area contributed by atoms with E-state index in [1.165, 1.54) is 7.11 Å². The highest BCUT2D eigenvalue weighted by Gasteiger charge is 2.36. The lowest BCUT2D eigenvalue weighted by Gasteiger charge is -2.31. The summed E-state index contributed by atoms with van der Waals surface area (Å²) < 4.78 is 4.62. The number of Topliss-reactive ketones (excluding diaryl/α,β-unsaturated/α-hetero) is 1. The van der Waals surface area contributed by atoms with Crippen molar-refractivity contribution in [2.75, 3.05) is 13.7 Å². The number of ether oxygens (including phenoxy) is 1. The molecule has 1 heterocycles. The molecule has 0 aliphatic heterocycles. The van der Waals surface area contributed by atoms with Crippen molar-refractivity contribution in [3.8, 4) is 0 Å². The van der Waals surface area contributed by atoms with Gasteiger partial charge in [-0.25, -0.2) is 4.98 Å². The average molecular weight is 397 g/mol. The molecule has 1 saturated carbocycles. The highest BCUT2D eigenvalue weighted by atomic mass is 16.5. The summed E-state index contributed by atoms with van der Waals surface area (Å²) in [6, 6.07) is 7.81. The van der Waals surface area contributed by atoms with Gasteiger partial charge in [-0.2, -0.15) is 0 Å². The zero-order valence-corrected chi connectivity index (χ0v) is 17.1. The third kappa shape index (κ3) is 5.10. The molecule has 154 valence electrons. The van der Waals surface area contributed by atoms with Crippen molar-refractivity contribution in [3.63, 3.8) is 0 Å². The molecule has 0 atom stereocenters. The molecule has 1 aliphatic rings. The number of carbonyl (C=O) groups is 2. The Hall–Kier alpha value is -2.96. The van der Waals surface area contributed by atoms with Crippen molar-refractivity contribution >= 4 is 28.5 Å². The lowest BCUT2D eigenvalue weighted by molar-refractivity contribution is -0.140. The zero-order chi connectivity index (χ0) is 21.0. The summed E-state index contributed by atoms with van der Waals surface area (Å²) in [5.41, 5.74) is 2.53. The number of allylic oxidation sites excluding steroid dienone is 2. The fraction of sp³-hybridized carbons (Fsp3) is 0.455. The molecule has 7 nitrogen and oxygen atoms in total. The molecule has 0 amide bonds. The SMILES string of the molecule is COC(=O)CC/C(O)=C1/C(=O)CC(C)(C)CC1=NCCc1nc2ccccc2[nH]1. The van der Waals surface area contributed by atoms with Crippen LogP contribution in [0.15, 0.2) is 40.6 Å². The Kier molecular flexibility index (Phi) is 6.15. The first kappa shape index (κ1) is 20.8. The molecule has 0 spiro atoms. The molecule has 0 saturated heterocycles. The number of nitrogens with zero attached hydrogens (tertiary/aromatic N) is 2. The van der Waals surface area contributed by atoms with Gasteiger partial charge in [-0.3, -0.25) is 14.6 Å². The first-order chi connectivity index (χ1) is 13.8. The minimum atomic E-state index is -0.427. The summed E-state index contributed by atoms with van der Waals surface area (Å²) in [5, 5.41) is 10.5. The molecule has 0 radical (unpaired) electrons. The van der Waals surface area contributed by atoms with Crippen LogP contribution in [0.1, 0.15) is 45.4 Å². The lowest BCUT2D eigenvalue weighted by atomic mass is 9.73. The molecular weight excluding hydrogens is 370 g/mol. The smallest absolute Gasteiger partial charge is 0.305 e. The van der Waals surface area contributed by atoms with E-state index in [1.807, 2.05) is 38.1 Å². The van der Waals surface area contributed by atoms with Gasteiger partial charge < -0.3 is 14.8 Å². The molecule has 1 aromatic carbocycles. The Balaban J connectivity index is 1.79. The number of para-hydroxylation sites is 2. The number of H-pyrrole nitrogens is 1. The number of imidazole rings is 1. The van der Waals surface area contributed by atoms with Gasteiger partial charge in [0.25, 0.3) is 0 Å². The molecule has 0 bridgehead atoms. The monoisotopic (exact) mass is 397 g/mol. The summed E-state index contributed by atoms with van der Waals surface area (Å²) in [6.45, 7) is 4.48. The number of hydrogen-bond donors (Lipinski definition) is 2. The maximum Gasteiger partial charge on any atom is 0.305 e. The number of aliphatic hydroxyl groups is 1. The summed E-state index contributed by atoms with van der Waals surface area (Å²) >= 11 is 0. The van der Waals surface area contributed by atoms with E-state index in [0.717, 1.165) is 16.9 Å². The number of nitrogens with one attached hydrogen (secondary N) is 1. The molecule has 1 aromatic heterocycles. The second-order valence-electron chi connectivity index (χ2n) is 8.12. The normalized spacial score (nSPS) is 19.6. The van der Waals surface area contributed by atoms with Crippen molar-refractivity contribution < 1.29 is 19.4 Å². The van der Waals surface area contributed by atoms with Crippen LogP contribution in [0.4, 0.5) is 0 Å². The van der Waals surface area contributed by atoms with Gasteiger partial charge >= 0.3 is 5.97 Å². The van der Waals surface area contributed by atoms with E-state index in [4.69, 9.17) is 0 Å². The molecular formula is C22H27N3O4. The number of hydrogen-bond acceptors (Lipinski definition) is 6. The molecule has 29 heavy (non-hydrogen) atoms. The van der Waals surface area contributed by atoms with Crippen LogP contribution in [-0.4, -0.2) is 46.2 Å². The van der Waals surface area contributed by atoms with Crippen LogP contribution in [0.2, 0.25) is 0 Å². The fourth-order valence-corrected chi connectivity index (χ4v) is 3.62. The van der Waals surface area contributed by atoms with E-state index >= 15 is 0 Å². The predicted molar refractivity (Wildman–Crippen MR) is 111 cm³/mol. The quantitative estimate of drug-likeness (QED) is 0.439. The Morgan fingerprint density at radius 3 is 2.76 bits per heavy atom. The Bertz CT molecular complexity index is 952. The van der Waals surface area contributed by atoms with Crippen molar-refractivity contribution in [1.82, 2.24) is 9.97 Å². The molecule has 3 rings (SSSR count). The van der Waals surface area contributed by atoms with Crippen LogP contribution in [0.5, 0.6) is 0 Å². The number of rotatable bonds is 6. The number of aromatic amines is 1. The van der Waals surface area contributed by atoms with Crippen LogP contribution >= 0.6 is 0 Å². The lowest BCUT2D eigenvalue weighted by Crippen LogP contribution is -2.33. The summed E-state index contributed by atoms with van der Waals surface area (Å²) in [4.78, 5) is 36.5. The third-order valence-corrected chi connectivity index (χ3v) is 5.02. The molecule has 2 aromatic rings. The highest BCUT2D eigenvalue weighted by molar-refractivity contribution is 6.24. The Morgan fingerprint density at radius 2 is 2.03 bits per heavy atom. The molecule has 1 fully saturated rings. The highest BCUT2D eigenvalue weighted by Crippen LogP contribution is 2.35. The standard InChI is InChI=1S/C22H27N3O4/c1-22(2)12-16(21(18(27)13-22)17(26)8-9-20(28)29-3)23-11-10-19-24-14-6-4-5-7-15(14)25-19/h4-7,26H,8-13H2,1-3H3,(H,24,25)/b21-17-,23-16?. The number of aliphatic imine (C=N–C) groups is 1. The van der Waals surface area contributed by atoms with E-state index < -0.39 is 5.97 Å². The van der Waals surface area contributed by atoms with Crippen LogP contribution < -0.4 is 0 Å². The Morgan fingerprint density at radius 1 is 1.28 bits per heavy atom. The van der Waals surface area contributed by atoms with E-state index in [2.05, 4.69) is 19.7 Å². The third-order valence-electron chi connectivity index (χ3n) is 5.02. The maximum atomic E-state index is 12.7. The first-order valence-electron chi connectivity index (χ1n) is 9.78. The molecule has 2 N–H and O–H groups in total. The van der Waals surface area contributed by atoms with Crippen LogP contribution in [0.3, 0.4) is 0 Å². The van der Waals surface area contributed by atoms with Gasteiger partial charge in [0.15, 0.2) is 5.78 Å². The fourth-order valence-electron chi connectivity index (χ4n) is 3.62. The minimum absolute atomic E-state index is 0.0226. The zero-order valence-electron chi connectivity index (χ0n) is 17.1. The Labute approximate surface area is 169 Å². The second-order valence-corrected chi connectivity index (χ2v) is 8.12. The van der Waals surface area contributed by atoms with Crippen LogP contribution in [0.25, 0.3) is 11.0 Å². The van der Waals surface area contributed by atoms with Gasteiger partial charge in [0, 0.05) is 31.5 Å².